The third-order valence-electron chi connectivity index (χ3n) is 3.82. The summed E-state index contributed by atoms with van der Waals surface area (Å²) < 4.78 is 17.0. The second kappa shape index (κ2) is 11.4. The van der Waals surface area contributed by atoms with Crippen LogP contribution in [0.15, 0.2) is 41.6 Å². The first-order valence-electron chi connectivity index (χ1n) is 8.55. The van der Waals surface area contributed by atoms with Gasteiger partial charge in [-0.3, -0.25) is 0 Å². The predicted octanol–water partition coefficient (Wildman–Crippen LogP) is 6.03. The largest absolute Gasteiger partial charge is 0.497 e. The smallest absolute Gasteiger partial charge is 0.139 e. The van der Waals surface area contributed by atoms with Crippen molar-refractivity contribution < 1.29 is 19.0 Å². The lowest BCUT2D eigenvalue weighted by molar-refractivity contribution is 0.0528. The van der Waals surface area contributed by atoms with Gasteiger partial charge in [0.15, 0.2) is 0 Å². The van der Waals surface area contributed by atoms with E-state index >= 15 is 0 Å². The molecule has 0 amide bonds. The molecule has 28 heavy (non-hydrogen) atoms. The van der Waals surface area contributed by atoms with Crippen LogP contribution >= 0.6 is 34.8 Å². The second-order valence-electron chi connectivity index (χ2n) is 6.00. The van der Waals surface area contributed by atoms with Crippen LogP contribution in [0.5, 0.6) is 11.5 Å². The molecule has 0 N–H and O–H groups in total. The first kappa shape index (κ1) is 22.6. The molecule has 2 unspecified atom stereocenters. The average Bonchev–Trinajstić information content (AvgIpc) is 2.68. The maximum absolute atomic E-state index is 6.18. The summed E-state index contributed by atoms with van der Waals surface area (Å²) in [6, 6.07) is 10.8. The second-order valence-corrected chi connectivity index (χ2v) is 7.22. The van der Waals surface area contributed by atoms with E-state index in [1.807, 2.05) is 31.2 Å². The molecule has 8 heteroatoms. The lowest BCUT2D eigenvalue weighted by Crippen LogP contribution is -2.24. The van der Waals surface area contributed by atoms with E-state index in [-0.39, 0.29) is 12.2 Å². The van der Waals surface area contributed by atoms with Gasteiger partial charge in [-0.2, -0.15) is 0 Å². The highest BCUT2D eigenvalue weighted by atomic mass is 35.5. The SMILES string of the molecule is CON=CC(CC(C)Oc1cc(Cl)c(Cl)cc1Cl)OCc1ccc(OC)cc1. The summed E-state index contributed by atoms with van der Waals surface area (Å²) in [5, 5.41) is 4.97. The molecular formula is C20H22Cl3NO4. The molecule has 2 aromatic carbocycles. The molecule has 0 aliphatic carbocycles. The van der Waals surface area contributed by atoms with Crippen LogP contribution in [0.3, 0.4) is 0 Å². The zero-order valence-electron chi connectivity index (χ0n) is 15.8. The van der Waals surface area contributed by atoms with E-state index < -0.39 is 0 Å². The number of benzene rings is 2. The minimum Gasteiger partial charge on any atom is -0.497 e. The molecule has 0 aliphatic rings. The Hall–Kier alpha value is -1.66. The summed E-state index contributed by atoms with van der Waals surface area (Å²) in [6.45, 7) is 2.31. The number of ether oxygens (including phenoxy) is 3. The van der Waals surface area contributed by atoms with Crippen molar-refractivity contribution in [2.24, 2.45) is 5.16 Å². The highest BCUT2D eigenvalue weighted by Crippen LogP contribution is 2.34. The molecule has 0 aromatic heterocycles. The molecule has 5 nitrogen and oxygen atoms in total. The van der Waals surface area contributed by atoms with Gasteiger partial charge in [0.25, 0.3) is 0 Å². The van der Waals surface area contributed by atoms with Gasteiger partial charge in [-0.1, -0.05) is 52.1 Å². The summed E-state index contributed by atoms with van der Waals surface area (Å²) in [4.78, 5) is 4.78. The molecule has 0 spiro atoms. The van der Waals surface area contributed by atoms with Gasteiger partial charge in [-0.25, -0.2) is 0 Å². The van der Waals surface area contributed by atoms with Crippen molar-refractivity contribution in [2.75, 3.05) is 14.2 Å². The molecule has 2 atom stereocenters. The van der Waals surface area contributed by atoms with Crippen molar-refractivity contribution >= 4 is 41.0 Å². The van der Waals surface area contributed by atoms with Crippen molar-refractivity contribution in [3.05, 3.63) is 57.0 Å². The van der Waals surface area contributed by atoms with Gasteiger partial charge < -0.3 is 19.0 Å². The molecule has 0 radical (unpaired) electrons. The van der Waals surface area contributed by atoms with Gasteiger partial charge in [0.2, 0.25) is 0 Å². The predicted molar refractivity (Wildman–Crippen MR) is 113 cm³/mol. The molecule has 2 rings (SSSR count). The summed E-state index contributed by atoms with van der Waals surface area (Å²) in [5.41, 5.74) is 1.01. The highest BCUT2D eigenvalue weighted by molar-refractivity contribution is 6.43. The molecule has 0 aliphatic heterocycles. The molecule has 152 valence electrons. The van der Waals surface area contributed by atoms with Crippen LogP contribution < -0.4 is 9.47 Å². The molecule has 0 saturated carbocycles. The van der Waals surface area contributed by atoms with Crippen LogP contribution in [-0.4, -0.2) is 32.6 Å². The molecule has 2 aromatic rings. The zero-order valence-corrected chi connectivity index (χ0v) is 18.1. The molecule has 0 heterocycles. The number of nitrogens with zero attached hydrogens (tertiary/aromatic N) is 1. The number of hydrogen-bond donors (Lipinski definition) is 0. The molecule has 0 bridgehead atoms. The Kier molecular flexibility index (Phi) is 9.19. The number of rotatable bonds is 10. The van der Waals surface area contributed by atoms with E-state index in [2.05, 4.69) is 5.16 Å². The molecule has 0 fully saturated rings. The van der Waals surface area contributed by atoms with Crippen molar-refractivity contribution in [3.8, 4) is 11.5 Å². The fourth-order valence-electron chi connectivity index (χ4n) is 2.41. The van der Waals surface area contributed by atoms with E-state index in [9.17, 15) is 0 Å². The summed E-state index contributed by atoms with van der Waals surface area (Å²) in [7, 11) is 3.11. The van der Waals surface area contributed by atoms with Gasteiger partial charge in [-0.05, 0) is 30.7 Å². The third-order valence-corrected chi connectivity index (χ3v) is 4.84. The summed E-state index contributed by atoms with van der Waals surface area (Å²) in [5.74, 6) is 1.25. The molecular weight excluding hydrogens is 425 g/mol. The average molecular weight is 447 g/mol. The fourth-order valence-corrected chi connectivity index (χ4v) is 2.99. The number of halogens is 3. The van der Waals surface area contributed by atoms with Crippen molar-refractivity contribution in [1.82, 2.24) is 0 Å². The summed E-state index contributed by atoms with van der Waals surface area (Å²) in [6.07, 6.45) is 1.58. The third kappa shape index (κ3) is 7.06. The normalized spacial score (nSPS) is 13.4. The Bertz CT molecular complexity index is 784. The standard InChI is InChI=1S/C20H22Cl3NO4/c1-13(28-20-10-18(22)17(21)9-19(20)23)8-16(11-24-26-3)27-12-14-4-6-15(25-2)7-5-14/h4-7,9-11,13,16H,8,12H2,1-3H3. The Morgan fingerprint density at radius 1 is 1.00 bits per heavy atom. The maximum Gasteiger partial charge on any atom is 0.139 e. The Balaban J connectivity index is 1.98. The highest BCUT2D eigenvalue weighted by Gasteiger charge is 2.16. The van der Waals surface area contributed by atoms with Gasteiger partial charge in [0.05, 0.1) is 47.2 Å². The Morgan fingerprint density at radius 2 is 1.68 bits per heavy atom. The van der Waals surface area contributed by atoms with Crippen LogP contribution in [0, 0.1) is 0 Å². The number of oxime groups is 1. The van der Waals surface area contributed by atoms with Crippen LogP contribution in [-0.2, 0) is 16.2 Å². The quantitative estimate of drug-likeness (QED) is 0.254. The van der Waals surface area contributed by atoms with E-state index in [0.29, 0.717) is 33.8 Å². The fraction of sp³-hybridized carbons (Fsp3) is 0.350. The van der Waals surface area contributed by atoms with Crippen LogP contribution in [0.2, 0.25) is 15.1 Å². The number of methoxy groups -OCH3 is 1. The van der Waals surface area contributed by atoms with Gasteiger partial charge in [-0.15, -0.1) is 0 Å². The minimum absolute atomic E-state index is 0.223. The first-order chi connectivity index (χ1) is 13.4. The Labute approximate surface area is 180 Å². The zero-order chi connectivity index (χ0) is 20.5. The monoisotopic (exact) mass is 445 g/mol. The number of hydrogen-bond acceptors (Lipinski definition) is 5. The van der Waals surface area contributed by atoms with Crippen molar-refractivity contribution in [2.45, 2.75) is 32.2 Å². The van der Waals surface area contributed by atoms with Gasteiger partial charge in [0.1, 0.15) is 18.6 Å². The molecule has 0 saturated heterocycles. The van der Waals surface area contributed by atoms with Crippen molar-refractivity contribution in [1.29, 1.82) is 0 Å². The van der Waals surface area contributed by atoms with Crippen LogP contribution in [0.1, 0.15) is 18.9 Å². The lowest BCUT2D eigenvalue weighted by atomic mass is 10.1. The van der Waals surface area contributed by atoms with Crippen LogP contribution in [0.25, 0.3) is 0 Å². The van der Waals surface area contributed by atoms with E-state index in [1.54, 1.807) is 25.5 Å². The maximum atomic E-state index is 6.18. The lowest BCUT2D eigenvalue weighted by Gasteiger charge is -2.20. The van der Waals surface area contributed by atoms with E-state index in [4.69, 9.17) is 53.9 Å². The van der Waals surface area contributed by atoms with Crippen LogP contribution in [0.4, 0.5) is 0 Å². The van der Waals surface area contributed by atoms with E-state index in [0.717, 1.165) is 11.3 Å². The minimum atomic E-state index is -0.321. The Morgan fingerprint density at radius 3 is 2.32 bits per heavy atom. The first-order valence-corrected chi connectivity index (χ1v) is 9.68. The van der Waals surface area contributed by atoms with E-state index in [1.165, 1.54) is 7.11 Å². The summed E-state index contributed by atoms with van der Waals surface area (Å²) >= 11 is 18.2. The topological polar surface area (TPSA) is 49.3 Å². The van der Waals surface area contributed by atoms with Gasteiger partial charge in [0, 0.05) is 12.5 Å². The van der Waals surface area contributed by atoms with Gasteiger partial charge >= 0.3 is 0 Å². The van der Waals surface area contributed by atoms with Crippen molar-refractivity contribution in [3.63, 3.8) is 0 Å².